The Morgan fingerprint density at radius 2 is 1.68 bits per heavy atom. The largest absolute Gasteiger partial charge is 0.354 e. The van der Waals surface area contributed by atoms with Crippen molar-refractivity contribution in [2.45, 2.75) is 13.1 Å². The number of nitrogens with one attached hydrogen (secondary N) is 2. The SMILES string of the molecule is CS(=O)(=O)N1CCNC(=O)CN2CCN(CC2)Cc2cccc(c2)Nc2nccc(n2)-c2ccc(nc2)C1. The first-order chi connectivity index (χ1) is 18.3. The summed E-state index contributed by atoms with van der Waals surface area (Å²) in [6.07, 6.45) is 4.54. The molecule has 0 atom stereocenters. The number of rotatable bonds is 1. The summed E-state index contributed by atoms with van der Waals surface area (Å²) in [4.78, 5) is 30.5. The summed E-state index contributed by atoms with van der Waals surface area (Å²) in [6, 6.07) is 13.7. The van der Waals surface area contributed by atoms with E-state index >= 15 is 0 Å². The van der Waals surface area contributed by atoms with Gasteiger partial charge in [0.05, 0.1) is 30.7 Å². The highest BCUT2D eigenvalue weighted by atomic mass is 32.2. The molecule has 11 nitrogen and oxygen atoms in total. The Hall–Kier alpha value is -3.45. The average molecular weight is 537 g/mol. The summed E-state index contributed by atoms with van der Waals surface area (Å²) in [5, 5.41) is 6.17. The minimum Gasteiger partial charge on any atom is -0.354 e. The van der Waals surface area contributed by atoms with Crippen LogP contribution in [0, 0.1) is 0 Å². The van der Waals surface area contributed by atoms with Crippen LogP contribution in [0.15, 0.2) is 54.9 Å². The van der Waals surface area contributed by atoms with Gasteiger partial charge in [-0.3, -0.25) is 19.6 Å². The topological polar surface area (TPSA) is 124 Å². The smallest absolute Gasteiger partial charge is 0.234 e. The maximum absolute atomic E-state index is 12.5. The molecule has 7 heterocycles. The Bertz CT molecular complexity index is 1380. The second-order valence-corrected chi connectivity index (χ2v) is 11.6. The van der Waals surface area contributed by atoms with Crippen molar-refractivity contribution >= 4 is 27.6 Å². The van der Waals surface area contributed by atoms with Crippen molar-refractivity contribution in [2.75, 3.05) is 57.4 Å². The van der Waals surface area contributed by atoms with E-state index in [0.717, 1.165) is 44.0 Å². The third-order valence-corrected chi connectivity index (χ3v) is 7.94. The molecular weight excluding hydrogens is 504 g/mol. The third-order valence-electron chi connectivity index (χ3n) is 6.69. The van der Waals surface area contributed by atoms with Crippen molar-refractivity contribution in [3.05, 3.63) is 66.1 Å². The molecule has 8 rings (SSSR count). The van der Waals surface area contributed by atoms with Gasteiger partial charge in [0.2, 0.25) is 21.9 Å². The molecule has 0 unspecified atom stereocenters. The van der Waals surface area contributed by atoms with Gasteiger partial charge in [-0.25, -0.2) is 18.4 Å². The highest BCUT2D eigenvalue weighted by Crippen LogP contribution is 2.21. The van der Waals surface area contributed by atoms with Gasteiger partial charge in [0, 0.05) is 69.5 Å². The summed E-state index contributed by atoms with van der Waals surface area (Å²) >= 11 is 0. The van der Waals surface area contributed by atoms with Crippen LogP contribution in [0.25, 0.3) is 11.3 Å². The molecule has 2 aromatic heterocycles. The van der Waals surface area contributed by atoms with E-state index in [4.69, 9.17) is 0 Å². The van der Waals surface area contributed by atoms with Gasteiger partial charge in [0.1, 0.15) is 0 Å². The number of sulfonamides is 1. The lowest BCUT2D eigenvalue weighted by Gasteiger charge is -2.34. The fourth-order valence-electron chi connectivity index (χ4n) is 4.61. The molecule has 0 aliphatic carbocycles. The van der Waals surface area contributed by atoms with Crippen molar-refractivity contribution in [2.24, 2.45) is 0 Å². The molecule has 8 bridgehead atoms. The molecule has 0 radical (unpaired) electrons. The predicted octanol–water partition coefficient (Wildman–Crippen LogP) is 1.29. The number of carbonyl (C=O) groups excluding carboxylic acids is 1. The van der Waals surface area contributed by atoms with Crippen LogP contribution >= 0.6 is 0 Å². The zero-order valence-electron chi connectivity index (χ0n) is 21.4. The maximum atomic E-state index is 12.5. The second-order valence-electron chi connectivity index (χ2n) is 9.63. The highest BCUT2D eigenvalue weighted by Gasteiger charge is 2.21. The lowest BCUT2D eigenvalue weighted by Crippen LogP contribution is -2.49. The molecule has 200 valence electrons. The summed E-state index contributed by atoms with van der Waals surface area (Å²) in [5.74, 6) is 0.380. The summed E-state index contributed by atoms with van der Waals surface area (Å²) in [5.41, 5.74) is 4.19. The van der Waals surface area contributed by atoms with Crippen LogP contribution < -0.4 is 10.6 Å². The van der Waals surface area contributed by atoms with Gasteiger partial charge in [0.15, 0.2) is 0 Å². The number of benzene rings is 1. The number of carbonyl (C=O) groups is 1. The number of hydrogen-bond acceptors (Lipinski definition) is 9. The van der Waals surface area contributed by atoms with E-state index in [1.807, 2.05) is 24.3 Å². The van der Waals surface area contributed by atoms with Crippen molar-refractivity contribution in [3.63, 3.8) is 0 Å². The number of aromatic nitrogens is 3. The minimum atomic E-state index is -3.49. The highest BCUT2D eigenvalue weighted by molar-refractivity contribution is 7.88. The predicted molar refractivity (Wildman–Crippen MR) is 145 cm³/mol. The first-order valence-corrected chi connectivity index (χ1v) is 14.5. The normalized spacial score (nSPS) is 21.4. The van der Waals surface area contributed by atoms with Crippen molar-refractivity contribution in [3.8, 4) is 11.3 Å². The summed E-state index contributed by atoms with van der Waals surface area (Å²) in [7, 11) is -3.49. The van der Waals surface area contributed by atoms with E-state index < -0.39 is 10.0 Å². The lowest BCUT2D eigenvalue weighted by molar-refractivity contribution is -0.122. The Labute approximate surface area is 223 Å². The number of pyridine rings is 1. The van der Waals surface area contributed by atoms with Crippen molar-refractivity contribution in [1.29, 1.82) is 0 Å². The number of piperazine rings is 1. The maximum Gasteiger partial charge on any atom is 0.234 e. The second kappa shape index (κ2) is 11.5. The van der Waals surface area contributed by atoms with E-state index in [1.54, 1.807) is 18.5 Å². The van der Waals surface area contributed by atoms with E-state index in [9.17, 15) is 13.2 Å². The third kappa shape index (κ3) is 6.90. The standard InChI is InChI=1S/C26H32N8O3S/c1-38(36,37)34-10-9-27-25(35)19-33-13-11-32(12-14-33)17-20-3-2-4-22(15-20)30-26-28-8-7-24(31-26)21-5-6-23(18-34)29-16-21/h2-8,15-16H,9-14,17-19H2,1H3,(H,27,35)(H,28,30,31). The Morgan fingerprint density at radius 3 is 2.42 bits per heavy atom. The van der Waals surface area contributed by atoms with Crippen molar-refractivity contribution in [1.82, 2.24) is 34.4 Å². The van der Waals surface area contributed by atoms with Crippen molar-refractivity contribution < 1.29 is 13.2 Å². The van der Waals surface area contributed by atoms with Crippen LogP contribution in [0.5, 0.6) is 0 Å². The molecule has 38 heavy (non-hydrogen) atoms. The van der Waals surface area contributed by atoms with Gasteiger partial charge >= 0.3 is 0 Å². The molecule has 12 heteroatoms. The lowest BCUT2D eigenvalue weighted by atomic mass is 10.1. The minimum absolute atomic E-state index is 0.102. The van der Waals surface area contributed by atoms with E-state index in [1.165, 1.54) is 16.1 Å². The molecule has 1 saturated heterocycles. The fraction of sp³-hybridized carbons (Fsp3) is 0.385. The van der Waals surface area contributed by atoms with Gasteiger partial charge in [0.25, 0.3) is 0 Å². The monoisotopic (exact) mass is 536 g/mol. The number of anilines is 2. The Kier molecular flexibility index (Phi) is 7.93. The zero-order chi connectivity index (χ0) is 26.5. The quantitative estimate of drug-likeness (QED) is 0.474. The van der Waals surface area contributed by atoms with Gasteiger partial charge in [-0.05, 0) is 35.9 Å². The number of nitrogens with zero attached hydrogens (tertiary/aromatic N) is 6. The van der Waals surface area contributed by atoms with E-state index in [-0.39, 0.29) is 25.5 Å². The van der Waals surface area contributed by atoms with Gasteiger partial charge < -0.3 is 10.6 Å². The van der Waals surface area contributed by atoms with Gasteiger partial charge in [-0.2, -0.15) is 4.31 Å². The average Bonchev–Trinajstić information content (AvgIpc) is 2.89. The van der Waals surface area contributed by atoms with Crippen LogP contribution in [0.1, 0.15) is 11.3 Å². The molecule has 3 aromatic rings. The molecule has 2 N–H and O–H groups in total. The molecular formula is C26H32N8O3S. The molecule has 1 fully saturated rings. The fourth-order valence-corrected chi connectivity index (χ4v) is 5.40. The zero-order valence-corrected chi connectivity index (χ0v) is 22.2. The Balaban J connectivity index is 1.41. The first kappa shape index (κ1) is 26.2. The summed E-state index contributed by atoms with van der Waals surface area (Å²) in [6.45, 7) is 4.95. The molecule has 1 amide bonds. The first-order valence-electron chi connectivity index (χ1n) is 12.6. The van der Waals surface area contributed by atoms with Crippen LogP contribution in [-0.2, 0) is 27.9 Å². The van der Waals surface area contributed by atoms with Gasteiger partial charge in [-0.15, -0.1) is 0 Å². The molecule has 0 saturated carbocycles. The molecule has 0 spiro atoms. The summed E-state index contributed by atoms with van der Waals surface area (Å²) < 4.78 is 26.1. The molecule has 1 aromatic carbocycles. The van der Waals surface area contributed by atoms with Crippen LogP contribution in [-0.4, -0.2) is 95.5 Å². The van der Waals surface area contributed by atoms with E-state index in [0.29, 0.717) is 23.9 Å². The molecule has 5 aliphatic rings. The van der Waals surface area contributed by atoms with E-state index in [2.05, 4.69) is 47.5 Å². The molecule has 5 aliphatic heterocycles. The van der Waals surface area contributed by atoms with Crippen LogP contribution in [0.4, 0.5) is 11.6 Å². The van der Waals surface area contributed by atoms with Crippen LogP contribution in [0.3, 0.4) is 0 Å². The number of hydrogen-bond donors (Lipinski definition) is 2. The number of amides is 1. The van der Waals surface area contributed by atoms with Gasteiger partial charge in [-0.1, -0.05) is 12.1 Å². The Morgan fingerprint density at radius 1 is 0.895 bits per heavy atom. The van der Waals surface area contributed by atoms with Crippen LogP contribution in [0.2, 0.25) is 0 Å².